The van der Waals surface area contributed by atoms with E-state index in [0.717, 1.165) is 25.7 Å². The summed E-state index contributed by atoms with van der Waals surface area (Å²) in [6, 6.07) is 5.95. The number of benzene rings is 1. The smallest absolute Gasteiger partial charge is 0.254 e. The molecule has 1 aliphatic carbocycles. The molecule has 1 saturated carbocycles. The molecule has 7 nitrogen and oxygen atoms in total. The van der Waals surface area contributed by atoms with Crippen LogP contribution in [-0.4, -0.2) is 44.7 Å². The van der Waals surface area contributed by atoms with Gasteiger partial charge in [0.05, 0.1) is 24.7 Å². The van der Waals surface area contributed by atoms with E-state index >= 15 is 0 Å². The second kappa shape index (κ2) is 8.48. The van der Waals surface area contributed by atoms with Gasteiger partial charge in [0, 0.05) is 24.6 Å². The highest BCUT2D eigenvalue weighted by Gasteiger charge is 2.36. The quantitative estimate of drug-likeness (QED) is 0.795. The number of H-pyrrole nitrogens is 1. The summed E-state index contributed by atoms with van der Waals surface area (Å²) in [6.45, 7) is 1.44. The molecule has 0 unspecified atom stereocenters. The minimum absolute atomic E-state index is 0.0258. The van der Waals surface area contributed by atoms with Crippen molar-refractivity contribution in [3.63, 3.8) is 0 Å². The van der Waals surface area contributed by atoms with Gasteiger partial charge in [-0.3, -0.25) is 14.4 Å². The Morgan fingerprint density at radius 1 is 1.12 bits per heavy atom. The molecule has 3 aliphatic rings. The van der Waals surface area contributed by atoms with Gasteiger partial charge in [-0.25, -0.2) is 9.37 Å². The maximum Gasteiger partial charge on any atom is 0.254 e. The maximum absolute atomic E-state index is 14.1. The average molecular weight is 439 g/mol. The molecule has 2 aromatic rings. The Morgan fingerprint density at radius 3 is 2.72 bits per heavy atom. The summed E-state index contributed by atoms with van der Waals surface area (Å²) < 4.78 is 14.1. The molecule has 0 spiro atoms. The molecular formula is C24H27FN4O3. The van der Waals surface area contributed by atoms with Gasteiger partial charge in [0.25, 0.3) is 5.56 Å². The number of rotatable bonds is 4. The van der Waals surface area contributed by atoms with Crippen LogP contribution in [-0.2, 0) is 29.0 Å². The van der Waals surface area contributed by atoms with Crippen LogP contribution >= 0.6 is 0 Å². The molecule has 1 atom stereocenters. The van der Waals surface area contributed by atoms with Crippen molar-refractivity contribution in [1.29, 1.82) is 0 Å². The predicted octanol–water partition coefficient (Wildman–Crippen LogP) is 2.50. The van der Waals surface area contributed by atoms with Gasteiger partial charge in [-0.15, -0.1) is 0 Å². The molecule has 0 radical (unpaired) electrons. The van der Waals surface area contributed by atoms with Crippen LogP contribution < -0.4 is 5.56 Å². The van der Waals surface area contributed by atoms with Crippen molar-refractivity contribution in [2.24, 2.45) is 5.92 Å². The first-order chi connectivity index (χ1) is 15.5. The van der Waals surface area contributed by atoms with Gasteiger partial charge < -0.3 is 14.8 Å². The second-order valence-electron chi connectivity index (χ2n) is 9.03. The van der Waals surface area contributed by atoms with E-state index in [2.05, 4.69) is 4.98 Å². The molecule has 2 fully saturated rings. The topological polar surface area (TPSA) is 86.4 Å². The Bertz CT molecular complexity index is 1110. The van der Waals surface area contributed by atoms with E-state index in [1.807, 2.05) is 0 Å². The van der Waals surface area contributed by atoms with E-state index in [9.17, 15) is 18.8 Å². The standard InChI is InChI=1S/C24H27FN4O3/c25-18-6-2-1-5-16(18)13-21(30)29-11-4-3-7-20(29)22-26-19-14-28(24(32)15-8-9-15)12-10-17(19)23(31)27-22/h1-2,5-6,15,20H,3-4,7-14H2,(H,26,27,31)/t20-/m1/s1. The molecule has 32 heavy (non-hydrogen) atoms. The average Bonchev–Trinajstić information content (AvgIpc) is 3.65. The first kappa shape index (κ1) is 20.8. The predicted molar refractivity (Wildman–Crippen MR) is 115 cm³/mol. The van der Waals surface area contributed by atoms with Gasteiger partial charge >= 0.3 is 0 Å². The third-order valence-electron chi connectivity index (χ3n) is 6.77. The highest BCUT2D eigenvalue weighted by Crippen LogP contribution is 2.33. The third kappa shape index (κ3) is 4.06. The Balaban J connectivity index is 1.40. The number of carbonyl (C=O) groups excluding carboxylic acids is 2. The second-order valence-corrected chi connectivity index (χ2v) is 9.03. The molecule has 1 saturated heterocycles. The zero-order valence-electron chi connectivity index (χ0n) is 18.0. The summed E-state index contributed by atoms with van der Waals surface area (Å²) in [7, 11) is 0. The number of carbonyl (C=O) groups is 2. The van der Waals surface area contributed by atoms with E-state index in [1.165, 1.54) is 6.07 Å². The number of nitrogens with one attached hydrogen (secondary N) is 1. The number of piperidine rings is 1. The summed E-state index contributed by atoms with van der Waals surface area (Å²) in [5.41, 5.74) is 1.45. The van der Waals surface area contributed by atoms with Crippen LogP contribution in [0.15, 0.2) is 29.1 Å². The molecule has 2 amide bonds. The first-order valence-corrected chi connectivity index (χ1v) is 11.4. The van der Waals surface area contributed by atoms with E-state index in [4.69, 9.17) is 4.98 Å². The van der Waals surface area contributed by atoms with Crippen LogP contribution in [0.5, 0.6) is 0 Å². The lowest BCUT2D eigenvalue weighted by Gasteiger charge is -2.36. The number of likely N-dealkylation sites (tertiary alicyclic amines) is 1. The lowest BCUT2D eigenvalue weighted by molar-refractivity contribution is -0.134. The van der Waals surface area contributed by atoms with Crippen molar-refractivity contribution in [2.45, 2.75) is 57.5 Å². The molecule has 1 aromatic heterocycles. The largest absolute Gasteiger partial charge is 0.336 e. The number of fused-ring (bicyclic) bond motifs is 1. The summed E-state index contributed by atoms with van der Waals surface area (Å²) in [4.78, 5) is 49.6. The lowest BCUT2D eigenvalue weighted by Crippen LogP contribution is -2.43. The van der Waals surface area contributed by atoms with Gasteiger partial charge in [-0.1, -0.05) is 18.2 Å². The van der Waals surface area contributed by atoms with Crippen LogP contribution in [0.2, 0.25) is 0 Å². The van der Waals surface area contributed by atoms with Crippen molar-refractivity contribution in [3.8, 4) is 0 Å². The fourth-order valence-electron chi connectivity index (χ4n) is 4.81. The lowest BCUT2D eigenvalue weighted by atomic mass is 9.99. The molecule has 1 N–H and O–H groups in total. The van der Waals surface area contributed by atoms with Crippen LogP contribution in [0.3, 0.4) is 0 Å². The minimum Gasteiger partial charge on any atom is -0.336 e. The molecular weight excluding hydrogens is 411 g/mol. The van der Waals surface area contributed by atoms with Crippen LogP contribution in [0.25, 0.3) is 0 Å². The number of nitrogens with zero attached hydrogens (tertiary/aromatic N) is 3. The van der Waals surface area contributed by atoms with Crippen molar-refractivity contribution in [1.82, 2.24) is 19.8 Å². The van der Waals surface area contributed by atoms with Gasteiger partial charge in [-0.05, 0) is 50.2 Å². The Morgan fingerprint density at radius 2 is 1.94 bits per heavy atom. The van der Waals surface area contributed by atoms with Crippen molar-refractivity contribution >= 4 is 11.8 Å². The minimum atomic E-state index is -0.393. The van der Waals surface area contributed by atoms with Crippen molar-refractivity contribution < 1.29 is 14.0 Å². The van der Waals surface area contributed by atoms with E-state index in [-0.39, 0.29) is 35.8 Å². The van der Waals surface area contributed by atoms with E-state index < -0.39 is 5.82 Å². The van der Waals surface area contributed by atoms with Gasteiger partial charge in [-0.2, -0.15) is 0 Å². The van der Waals surface area contributed by atoms with Crippen LogP contribution in [0.4, 0.5) is 4.39 Å². The number of aromatic nitrogens is 2. The fraction of sp³-hybridized carbons (Fsp3) is 0.500. The molecule has 168 valence electrons. The monoisotopic (exact) mass is 438 g/mol. The normalized spacial score (nSPS) is 20.7. The molecule has 5 rings (SSSR count). The number of hydrogen-bond acceptors (Lipinski definition) is 4. The third-order valence-corrected chi connectivity index (χ3v) is 6.77. The van der Waals surface area contributed by atoms with Gasteiger partial charge in [0.1, 0.15) is 11.6 Å². The number of amides is 2. The van der Waals surface area contributed by atoms with Gasteiger partial charge in [0.2, 0.25) is 11.8 Å². The Kier molecular flexibility index (Phi) is 5.53. The fourth-order valence-corrected chi connectivity index (χ4v) is 4.81. The molecule has 0 bridgehead atoms. The molecule has 8 heteroatoms. The highest BCUT2D eigenvalue weighted by atomic mass is 19.1. The number of aromatic amines is 1. The molecule has 1 aromatic carbocycles. The Labute approximate surface area is 185 Å². The zero-order chi connectivity index (χ0) is 22.2. The van der Waals surface area contributed by atoms with E-state index in [1.54, 1.807) is 28.0 Å². The van der Waals surface area contributed by atoms with Gasteiger partial charge in [0.15, 0.2) is 0 Å². The number of hydrogen-bond donors (Lipinski definition) is 1. The summed E-state index contributed by atoms with van der Waals surface area (Å²) in [5, 5.41) is 0. The SMILES string of the molecule is O=C(C1CC1)N1CCc2c(nc([C@H]3CCCCN3C(=O)Cc3ccccc3F)[nH]c2=O)C1. The summed E-state index contributed by atoms with van der Waals surface area (Å²) in [5.74, 6) is 0.179. The molecule has 3 heterocycles. The first-order valence-electron chi connectivity index (χ1n) is 11.4. The molecule has 2 aliphatic heterocycles. The van der Waals surface area contributed by atoms with Crippen molar-refractivity contribution in [3.05, 3.63) is 63.1 Å². The number of halogens is 1. The van der Waals surface area contributed by atoms with Crippen molar-refractivity contribution in [2.75, 3.05) is 13.1 Å². The van der Waals surface area contributed by atoms with E-state index in [0.29, 0.717) is 55.1 Å². The Hall–Kier alpha value is -3.03. The summed E-state index contributed by atoms with van der Waals surface area (Å²) >= 11 is 0. The van der Waals surface area contributed by atoms with Crippen LogP contribution in [0, 0.1) is 11.7 Å². The van der Waals surface area contributed by atoms with Crippen LogP contribution in [0.1, 0.15) is 60.8 Å². The maximum atomic E-state index is 14.1. The highest BCUT2D eigenvalue weighted by molar-refractivity contribution is 5.81. The summed E-state index contributed by atoms with van der Waals surface area (Å²) in [6.07, 6.45) is 4.82. The zero-order valence-corrected chi connectivity index (χ0v) is 18.0.